The van der Waals surface area contributed by atoms with Crippen LogP contribution in [0.3, 0.4) is 0 Å². The maximum atomic E-state index is 12.4. The first-order valence-corrected chi connectivity index (χ1v) is 11.4. The molecule has 31 heavy (non-hydrogen) atoms. The lowest BCUT2D eigenvalue weighted by molar-refractivity contribution is -0.149. The average molecular weight is 456 g/mol. The first kappa shape index (κ1) is 25.5. The number of methoxy groups -OCH3 is 1. The van der Waals surface area contributed by atoms with Crippen molar-refractivity contribution in [3.63, 3.8) is 0 Å². The van der Waals surface area contributed by atoms with Crippen molar-refractivity contribution in [1.29, 1.82) is 0 Å². The number of carbonyl (C=O) groups excluding carboxylic acids is 1. The van der Waals surface area contributed by atoms with Gasteiger partial charge in [0.1, 0.15) is 11.7 Å². The first-order chi connectivity index (χ1) is 14.9. The van der Waals surface area contributed by atoms with Crippen molar-refractivity contribution >= 4 is 22.8 Å². The van der Waals surface area contributed by atoms with E-state index in [4.69, 9.17) is 23.7 Å². The summed E-state index contributed by atoms with van der Waals surface area (Å²) >= 11 is 1.42. The van der Waals surface area contributed by atoms with E-state index in [1.165, 1.54) is 11.8 Å². The number of aromatic hydroxyl groups is 1. The molecule has 1 atom stereocenters. The summed E-state index contributed by atoms with van der Waals surface area (Å²) < 4.78 is 26.7. The van der Waals surface area contributed by atoms with Gasteiger partial charge in [-0.25, -0.2) is 4.79 Å². The van der Waals surface area contributed by atoms with Crippen LogP contribution in [0.25, 0.3) is 0 Å². The molecular weight excluding hydrogens is 422 g/mol. The molecule has 1 aliphatic rings. The van der Waals surface area contributed by atoms with Gasteiger partial charge in [-0.1, -0.05) is 19.9 Å². The average Bonchev–Trinajstić information content (AvgIpc) is 3.15. The van der Waals surface area contributed by atoms with Gasteiger partial charge in [-0.05, 0) is 25.0 Å². The van der Waals surface area contributed by atoms with E-state index < -0.39 is 5.54 Å². The molecule has 1 N–H and O–H groups in total. The van der Waals surface area contributed by atoms with Crippen molar-refractivity contribution in [2.75, 3.05) is 59.1 Å². The normalized spacial score (nSPS) is 18.3. The quantitative estimate of drug-likeness (QED) is 0.338. The van der Waals surface area contributed by atoms with Crippen LogP contribution in [0.15, 0.2) is 23.2 Å². The Morgan fingerprint density at radius 3 is 2.52 bits per heavy atom. The molecule has 2 rings (SSSR count). The standard InChI is InChI=1S/C22H33NO7S/c1-16(2)14-30-21(25)22(3)15-31-20(23-22)17-6-5-7-18(19(17)24)29-13-12-28-11-10-27-9-8-26-4/h5-7,16,24H,8-15H2,1-4H3/t22-/m1/s1. The number of carbonyl (C=O) groups is 1. The minimum Gasteiger partial charge on any atom is -0.504 e. The van der Waals surface area contributed by atoms with Gasteiger partial charge in [0.05, 0.1) is 45.2 Å². The van der Waals surface area contributed by atoms with Gasteiger partial charge in [0.25, 0.3) is 0 Å². The van der Waals surface area contributed by atoms with E-state index in [2.05, 4.69) is 4.99 Å². The first-order valence-electron chi connectivity index (χ1n) is 10.4. The van der Waals surface area contributed by atoms with Crippen LogP contribution >= 0.6 is 11.8 Å². The highest BCUT2D eigenvalue weighted by Gasteiger charge is 2.40. The molecule has 0 spiro atoms. The summed E-state index contributed by atoms with van der Waals surface area (Å²) in [5.74, 6) is 0.714. The maximum absolute atomic E-state index is 12.4. The summed E-state index contributed by atoms with van der Waals surface area (Å²) in [5.41, 5.74) is -0.424. The van der Waals surface area contributed by atoms with Gasteiger partial charge < -0.3 is 28.8 Å². The zero-order valence-corrected chi connectivity index (χ0v) is 19.5. The van der Waals surface area contributed by atoms with Gasteiger partial charge in [0.2, 0.25) is 0 Å². The lowest BCUT2D eigenvalue weighted by atomic mass is 10.1. The third-order valence-electron chi connectivity index (χ3n) is 4.34. The van der Waals surface area contributed by atoms with E-state index in [1.54, 1.807) is 32.2 Å². The molecule has 0 fully saturated rings. The Morgan fingerprint density at radius 1 is 1.16 bits per heavy atom. The van der Waals surface area contributed by atoms with Gasteiger partial charge in [-0.3, -0.25) is 4.99 Å². The lowest BCUT2D eigenvalue weighted by Gasteiger charge is -2.18. The second-order valence-electron chi connectivity index (χ2n) is 7.69. The monoisotopic (exact) mass is 455 g/mol. The predicted molar refractivity (Wildman–Crippen MR) is 120 cm³/mol. The van der Waals surface area contributed by atoms with Crippen molar-refractivity contribution in [3.05, 3.63) is 23.8 Å². The Balaban J connectivity index is 1.87. The van der Waals surface area contributed by atoms with Crippen LogP contribution < -0.4 is 4.74 Å². The molecule has 1 aliphatic heterocycles. The van der Waals surface area contributed by atoms with Crippen molar-refractivity contribution in [2.24, 2.45) is 10.9 Å². The van der Waals surface area contributed by atoms with Crippen LogP contribution in [0.1, 0.15) is 26.3 Å². The molecular formula is C22H33NO7S. The number of rotatable bonds is 14. The molecule has 0 aliphatic carbocycles. The number of hydrogen-bond acceptors (Lipinski definition) is 9. The second kappa shape index (κ2) is 12.9. The Hall–Kier alpha value is -1.81. The molecule has 1 aromatic rings. The third kappa shape index (κ3) is 7.99. The van der Waals surface area contributed by atoms with Crippen LogP contribution in [0, 0.1) is 5.92 Å². The van der Waals surface area contributed by atoms with Gasteiger partial charge in [-0.2, -0.15) is 0 Å². The minimum atomic E-state index is -0.961. The fourth-order valence-electron chi connectivity index (χ4n) is 2.62. The predicted octanol–water partition coefficient (Wildman–Crippen LogP) is 2.90. The Morgan fingerprint density at radius 2 is 1.84 bits per heavy atom. The number of phenolic OH excluding ortho intramolecular Hbond substituents is 1. The fourth-order valence-corrected chi connectivity index (χ4v) is 3.81. The van der Waals surface area contributed by atoms with Crippen LogP contribution in [-0.2, 0) is 23.7 Å². The smallest absolute Gasteiger partial charge is 0.334 e. The number of nitrogens with zero attached hydrogens (tertiary/aromatic N) is 1. The van der Waals surface area contributed by atoms with Crippen molar-refractivity contribution in [1.82, 2.24) is 0 Å². The zero-order chi connectivity index (χ0) is 22.7. The summed E-state index contributed by atoms with van der Waals surface area (Å²) in [4.78, 5) is 17.0. The molecule has 8 nitrogen and oxygen atoms in total. The number of para-hydroxylation sites is 1. The topological polar surface area (TPSA) is 95.8 Å². The van der Waals surface area contributed by atoms with Crippen molar-refractivity contribution < 1.29 is 33.6 Å². The van der Waals surface area contributed by atoms with E-state index in [1.807, 2.05) is 13.8 Å². The summed E-state index contributed by atoms with van der Waals surface area (Å²) in [6, 6.07) is 5.22. The number of thioether (sulfide) groups is 1. The number of ether oxygens (including phenoxy) is 5. The Kier molecular flexibility index (Phi) is 10.6. The Bertz CT molecular complexity index is 741. The molecule has 0 radical (unpaired) electrons. The highest BCUT2D eigenvalue weighted by atomic mass is 32.2. The molecule has 0 bridgehead atoms. The van der Waals surface area contributed by atoms with E-state index in [0.29, 0.717) is 61.8 Å². The SMILES string of the molecule is COCCOCCOCCOc1cccc(C2=N[C@@](C)(C(=O)OCC(C)C)CS2)c1O. The zero-order valence-electron chi connectivity index (χ0n) is 18.7. The number of esters is 1. The van der Waals surface area contributed by atoms with Gasteiger partial charge >= 0.3 is 5.97 Å². The summed E-state index contributed by atoms with van der Waals surface area (Å²) in [7, 11) is 1.63. The molecule has 0 saturated carbocycles. The molecule has 0 unspecified atom stereocenters. The largest absolute Gasteiger partial charge is 0.504 e. The van der Waals surface area contributed by atoms with Gasteiger partial charge in [0, 0.05) is 12.9 Å². The van der Waals surface area contributed by atoms with Crippen LogP contribution in [0.2, 0.25) is 0 Å². The number of benzene rings is 1. The van der Waals surface area contributed by atoms with Crippen LogP contribution in [0.5, 0.6) is 11.5 Å². The molecule has 174 valence electrons. The molecule has 1 aromatic carbocycles. The highest BCUT2D eigenvalue weighted by Crippen LogP contribution is 2.38. The van der Waals surface area contributed by atoms with Gasteiger partial charge in [-0.15, -0.1) is 11.8 Å². The molecule has 0 amide bonds. The summed E-state index contributed by atoms with van der Waals surface area (Å²) in [6.45, 7) is 8.77. The number of aliphatic imine (C=N–C) groups is 1. The number of hydrogen-bond donors (Lipinski definition) is 1. The fraction of sp³-hybridized carbons (Fsp3) is 0.636. The van der Waals surface area contributed by atoms with Crippen LogP contribution in [0.4, 0.5) is 0 Å². The van der Waals surface area contributed by atoms with E-state index >= 15 is 0 Å². The van der Waals surface area contributed by atoms with Gasteiger partial charge in [0.15, 0.2) is 17.0 Å². The molecule has 1 heterocycles. The Labute approximate surface area is 188 Å². The van der Waals surface area contributed by atoms with E-state index in [-0.39, 0.29) is 24.2 Å². The lowest BCUT2D eigenvalue weighted by Crippen LogP contribution is -2.36. The van der Waals surface area contributed by atoms with E-state index in [9.17, 15) is 9.90 Å². The second-order valence-corrected chi connectivity index (χ2v) is 8.65. The highest BCUT2D eigenvalue weighted by molar-refractivity contribution is 8.14. The molecule has 0 saturated heterocycles. The third-order valence-corrected chi connectivity index (χ3v) is 5.64. The summed E-state index contributed by atoms with van der Waals surface area (Å²) in [6.07, 6.45) is 0. The summed E-state index contributed by atoms with van der Waals surface area (Å²) in [5, 5.41) is 11.2. The van der Waals surface area contributed by atoms with Crippen molar-refractivity contribution in [3.8, 4) is 11.5 Å². The number of phenols is 1. The van der Waals surface area contributed by atoms with Crippen molar-refractivity contribution in [2.45, 2.75) is 26.3 Å². The molecule has 9 heteroatoms. The van der Waals surface area contributed by atoms with Crippen LogP contribution in [-0.4, -0.2) is 80.8 Å². The maximum Gasteiger partial charge on any atom is 0.334 e. The molecule has 0 aromatic heterocycles. The van der Waals surface area contributed by atoms with E-state index in [0.717, 1.165) is 0 Å². The minimum absolute atomic E-state index is 0.00329.